The minimum atomic E-state index is -5.64. The largest absolute Gasteiger partial charge is 0.487 e. The third-order valence-electron chi connectivity index (χ3n) is 3.90. The summed E-state index contributed by atoms with van der Waals surface area (Å²) < 4.78 is 79.7. The van der Waals surface area contributed by atoms with Gasteiger partial charge in [-0.1, -0.05) is 12.1 Å². The lowest BCUT2D eigenvalue weighted by atomic mass is 10.2. The third-order valence-corrected chi connectivity index (χ3v) is 3.90. The fourth-order valence-corrected chi connectivity index (χ4v) is 2.46. The Morgan fingerprint density at radius 3 is 2.56 bits per heavy atom. The van der Waals surface area contributed by atoms with E-state index < -0.39 is 18.7 Å². The van der Waals surface area contributed by atoms with Gasteiger partial charge in [0.25, 0.3) is 6.01 Å². The lowest BCUT2D eigenvalue weighted by Crippen LogP contribution is -2.41. The van der Waals surface area contributed by atoms with Crippen molar-refractivity contribution in [2.24, 2.45) is 0 Å². The van der Waals surface area contributed by atoms with Crippen LogP contribution < -0.4 is 9.47 Å². The number of halogens is 5. The minimum absolute atomic E-state index is 0.0813. The Bertz CT molecular complexity index is 774. The number of aromatic nitrogens is 2. The number of alkyl halides is 5. The summed E-state index contributed by atoms with van der Waals surface area (Å²) in [4.78, 5) is 4.21. The Hall–Kier alpha value is -2.36. The predicted molar refractivity (Wildman–Crippen MR) is 84.0 cm³/mol. The molecule has 0 aliphatic carbocycles. The Morgan fingerprint density at radius 2 is 1.89 bits per heavy atom. The van der Waals surface area contributed by atoms with Crippen LogP contribution in [0.25, 0.3) is 0 Å². The molecule has 2 heterocycles. The van der Waals surface area contributed by atoms with Gasteiger partial charge in [0, 0.05) is 6.20 Å². The normalized spacial score (nSPS) is 17.3. The van der Waals surface area contributed by atoms with Crippen molar-refractivity contribution in [1.29, 1.82) is 0 Å². The summed E-state index contributed by atoms with van der Waals surface area (Å²) >= 11 is 0. The van der Waals surface area contributed by atoms with Crippen molar-refractivity contribution < 1.29 is 36.2 Å². The van der Waals surface area contributed by atoms with Crippen LogP contribution >= 0.6 is 0 Å². The predicted octanol–water partition coefficient (Wildman–Crippen LogP) is 3.75. The zero-order valence-electron chi connectivity index (χ0n) is 14.3. The van der Waals surface area contributed by atoms with Gasteiger partial charge in [0.15, 0.2) is 6.61 Å². The molecule has 0 amide bonds. The molecule has 0 fully saturated rings. The minimum Gasteiger partial charge on any atom is -0.487 e. The van der Waals surface area contributed by atoms with E-state index in [0.29, 0.717) is 19.2 Å². The second kappa shape index (κ2) is 7.34. The van der Waals surface area contributed by atoms with Crippen LogP contribution in [0.4, 0.5) is 22.0 Å². The molecule has 0 N–H and O–H groups in total. The molecule has 27 heavy (non-hydrogen) atoms. The van der Waals surface area contributed by atoms with Crippen LogP contribution in [0.3, 0.4) is 0 Å². The van der Waals surface area contributed by atoms with Gasteiger partial charge in [-0.2, -0.15) is 22.0 Å². The molecule has 5 nitrogen and oxygen atoms in total. The number of fused-ring (bicyclic) bond motifs is 1. The van der Waals surface area contributed by atoms with Crippen molar-refractivity contribution in [2.45, 2.75) is 38.3 Å². The Balaban J connectivity index is 1.48. The number of rotatable bonds is 6. The van der Waals surface area contributed by atoms with E-state index >= 15 is 0 Å². The molecule has 10 heteroatoms. The van der Waals surface area contributed by atoms with Crippen molar-refractivity contribution in [3.8, 4) is 11.8 Å². The molecule has 2 aromatic rings. The van der Waals surface area contributed by atoms with Crippen LogP contribution in [0.2, 0.25) is 0 Å². The van der Waals surface area contributed by atoms with E-state index in [1.807, 2.05) is 17.7 Å². The molecule has 0 saturated carbocycles. The van der Waals surface area contributed by atoms with Crippen LogP contribution in [0, 0.1) is 6.92 Å². The van der Waals surface area contributed by atoms with Crippen LogP contribution in [0.15, 0.2) is 30.5 Å². The van der Waals surface area contributed by atoms with Gasteiger partial charge in [-0.3, -0.25) is 4.57 Å². The maximum absolute atomic E-state index is 12.8. The summed E-state index contributed by atoms with van der Waals surface area (Å²) in [5.74, 6) is -4.98. The highest BCUT2D eigenvalue weighted by Crippen LogP contribution is 2.35. The van der Waals surface area contributed by atoms with Crippen molar-refractivity contribution in [2.75, 3.05) is 13.2 Å². The van der Waals surface area contributed by atoms with Gasteiger partial charge >= 0.3 is 12.1 Å². The third kappa shape index (κ3) is 4.68. The fourth-order valence-electron chi connectivity index (χ4n) is 2.46. The van der Waals surface area contributed by atoms with E-state index in [9.17, 15) is 22.0 Å². The van der Waals surface area contributed by atoms with Gasteiger partial charge in [-0.05, 0) is 24.6 Å². The number of ether oxygens (including phenoxy) is 3. The number of imidazole rings is 1. The van der Waals surface area contributed by atoms with Crippen molar-refractivity contribution in [1.82, 2.24) is 9.55 Å². The first-order valence-corrected chi connectivity index (χ1v) is 8.08. The summed E-state index contributed by atoms with van der Waals surface area (Å²) in [6, 6.07) is 6.26. The van der Waals surface area contributed by atoms with Gasteiger partial charge in [0.1, 0.15) is 18.5 Å². The smallest absolute Gasteiger partial charge is 0.456 e. The zero-order chi connectivity index (χ0) is 19.7. The fraction of sp³-hybridized carbons (Fsp3) is 0.471. The second-order valence-electron chi connectivity index (χ2n) is 6.20. The highest BCUT2D eigenvalue weighted by atomic mass is 19.4. The van der Waals surface area contributed by atoms with Gasteiger partial charge in [-0.25, -0.2) is 4.98 Å². The first kappa shape index (κ1) is 19.4. The topological polar surface area (TPSA) is 45.5 Å². The van der Waals surface area contributed by atoms with Crippen LogP contribution in [-0.4, -0.2) is 41.0 Å². The number of benzene rings is 1. The van der Waals surface area contributed by atoms with E-state index in [0.717, 1.165) is 11.3 Å². The molecule has 0 bridgehead atoms. The second-order valence-corrected chi connectivity index (χ2v) is 6.20. The lowest BCUT2D eigenvalue weighted by molar-refractivity contribution is -0.290. The number of hydrogen-bond donors (Lipinski definition) is 0. The van der Waals surface area contributed by atoms with E-state index in [-0.39, 0.29) is 18.5 Å². The van der Waals surface area contributed by atoms with Crippen molar-refractivity contribution in [3.05, 3.63) is 41.7 Å². The molecule has 1 aromatic heterocycles. The number of aryl methyl sites for hydroxylation is 1. The van der Waals surface area contributed by atoms with E-state index in [4.69, 9.17) is 9.47 Å². The van der Waals surface area contributed by atoms with E-state index in [2.05, 4.69) is 9.72 Å². The highest BCUT2D eigenvalue weighted by Gasteiger charge is 2.58. The summed E-state index contributed by atoms with van der Waals surface area (Å²) in [6.45, 7) is 1.27. The molecule has 1 aromatic carbocycles. The van der Waals surface area contributed by atoms with Gasteiger partial charge in [-0.15, -0.1) is 0 Å². The summed E-state index contributed by atoms with van der Waals surface area (Å²) in [7, 11) is 0. The number of nitrogens with zero attached hydrogens (tertiary/aromatic N) is 2. The van der Waals surface area contributed by atoms with Crippen LogP contribution in [0.1, 0.15) is 11.3 Å². The van der Waals surface area contributed by atoms with Gasteiger partial charge in [0.05, 0.1) is 18.8 Å². The van der Waals surface area contributed by atoms with E-state index in [1.54, 1.807) is 0 Å². The first-order valence-electron chi connectivity index (χ1n) is 8.08. The molecular formula is C17H17F5N2O3. The Labute approximate surface area is 151 Å². The van der Waals surface area contributed by atoms with Gasteiger partial charge in [0.2, 0.25) is 0 Å². The molecule has 0 spiro atoms. The van der Waals surface area contributed by atoms with Crippen molar-refractivity contribution >= 4 is 0 Å². The number of hydrogen-bond acceptors (Lipinski definition) is 4. The standard InChI is InChI=1S/C17H17F5N2O3/c1-11-6-24-7-14(9-26-15(24)23-11)25-8-12-2-4-13(5-3-12)27-10-16(18,19)17(20,21)22/h2-6,14H,7-10H2,1H3. The molecule has 3 rings (SSSR count). The monoisotopic (exact) mass is 392 g/mol. The quantitative estimate of drug-likeness (QED) is 0.703. The SMILES string of the molecule is Cc1cn2c(n1)OCC(OCc1ccc(OCC(F)(F)C(F)(F)F)cc1)C2. The maximum Gasteiger partial charge on any atom is 0.456 e. The van der Waals surface area contributed by atoms with Crippen molar-refractivity contribution in [3.63, 3.8) is 0 Å². The first-order chi connectivity index (χ1) is 12.6. The zero-order valence-corrected chi connectivity index (χ0v) is 14.3. The Morgan fingerprint density at radius 1 is 1.19 bits per heavy atom. The molecule has 1 unspecified atom stereocenters. The average Bonchev–Trinajstić information content (AvgIpc) is 2.97. The average molecular weight is 392 g/mol. The molecule has 148 valence electrons. The van der Waals surface area contributed by atoms with Crippen LogP contribution in [0.5, 0.6) is 11.8 Å². The molecule has 1 aliphatic heterocycles. The Kier molecular flexibility index (Phi) is 5.27. The summed E-state index contributed by atoms with van der Waals surface area (Å²) in [6.07, 6.45) is -3.97. The lowest BCUT2D eigenvalue weighted by Gasteiger charge is -2.24. The molecular weight excluding hydrogens is 375 g/mol. The molecule has 1 atom stereocenters. The van der Waals surface area contributed by atoms with Crippen LogP contribution in [-0.2, 0) is 17.9 Å². The molecule has 1 aliphatic rings. The summed E-state index contributed by atoms with van der Waals surface area (Å²) in [5.41, 5.74) is 1.56. The molecule has 0 radical (unpaired) electrons. The highest BCUT2D eigenvalue weighted by molar-refractivity contribution is 5.27. The van der Waals surface area contributed by atoms with E-state index in [1.165, 1.54) is 24.3 Å². The molecule has 0 saturated heterocycles. The summed E-state index contributed by atoms with van der Waals surface area (Å²) in [5, 5.41) is 0. The maximum atomic E-state index is 12.8. The van der Waals surface area contributed by atoms with Gasteiger partial charge < -0.3 is 14.2 Å².